The number of nitrogens with one attached hydrogen (secondary N) is 2. The van der Waals surface area contributed by atoms with Gasteiger partial charge in [-0.3, -0.25) is 14.5 Å². The van der Waals surface area contributed by atoms with Gasteiger partial charge in [-0.15, -0.1) is 0 Å². The number of hydrogen-bond acceptors (Lipinski definition) is 3. The van der Waals surface area contributed by atoms with Gasteiger partial charge in [-0.05, 0) is 71.3 Å². The van der Waals surface area contributed by atoms with E-state index in [1.165, 1.54) is 11.1 Å². The van der Waals surface area contributed by atoms with Crippen LogP contribution in [0.3, 0.4) is 0 Å². The molecular weight excluding hydrogens is 430 g/mol. The van der Waals surface area contributed by atoms with Crippen molar-refractivity contribution in [1.29, 1.82) is 0 Å². The summed E-state index contributed by atoms with van der Waals surface area (Å²) in [6.07, 6.45) is 5.65. The lowest BCUT2D eigenvalue weighted by molar-refractivity contribution is -0.125. The Morgan fingerprint density at radius 1 is 1.00 bits per heavy atom. The average Bonchev–Trinajstić information content (AvgIpc) is 3.57. The summed E-state index contributed by atoms with van der Waals surface area (Å²) in [5.41, 5.74) is 3.47. The van der Waals surface area contributed by atoms with Crippen LogP contribution >= 0.6 is 15.9 Å². The molecule has 1 atom stereocenters. The van der Waals surface area contributed by atoms with Crippen LogP contribution in [0.1, 0.15) is 42.9 Å². The Morgan fingerprint density at radius 2 is 1.76 bits per heavy atom. The highest BCUT2D eigenvalue weighted by Gasteiger charge is 2.37. The molecule has 0 aliphatic heterocycles. The van der Waals surface area contributed by atoms with Crippen LogP contribution in [0.15, 0.2) is 53.0 Å². The first kappa shape index (κ1) is 20.1. The van der Waals surface area contributed by atoms with Crippen molar-refractivity contribution in [2.75, 3.05) is 18.4 Å². The second kappa shape index (κ2) is 9.09. The fraction of sp³-hybridized carbons (Fsp3) is 0.391. The monoisotopic (exact) mass is 455 g/mol. The summed E-state index contributed by atoms with van der Waals surface area (Å²) in [7, 11) is 0. The molecule has 0 bridgehead atoms. The minimum atomic E-state index is -0.230. The van der Waals surface area contributed by atoms with E-state index in [-0.39, 0.29) is 18.4 Å². The predicted molar refractivity (Wildman–Crippen MR) is 118 cm³/mol. The first-order valence-electron chi connectivity index (χ1n) is 10.3. The van der Waals surface area contributed by atoms with Gasteiger partial charge >= 0.3 is 0 Å². The lowest BCUT2D eigenvalue weighted by atomic mass is 9.86. The van der Waals surface area contributed by atoms with Crippen molar-refractivity contribution in [3.63, 3.8) is 0 Å². The molecule has 152 valence electrons. The van der Waals surface area contributed by atoms with Gasteiger partial charge in [0.1, 0.15) is 0 Å². The molecule has 2 aliphatic carbocycles. The first-order chi connectivity index (χ1) is 14.1. The number of benzene rings is 2. The van der Waals surface area contributed by atoms with Crippen LogP contribution in [0.25, 0.3) is 0 Å². The SMILES string of the molecule is O=C(CN(C1CC1)C1CCCc2ccccc21)NCC(=O)Nc1ccccc1Br. The van der Waals surface area contributed by atoms with Crippen LogP contribution in [-0.2, 0) is 16.0 Å². The molecule has 2 N–H and O–H groups in total. The Hall–Kier alpha value is -2.18. The van der Waals surface area contributed by atoms with E-state index >= 15 is 0 Å². The highest BCUT2D eigenvalue weighted by Crippen LogP contribution is 2.40. The van der Waals surface area contributed by atoms with Crippen LogP contribution < -0.4 is 10.6 Å². The molecule has 2 aromatic carbocycles. The molecule has 2 aliphatic rings. The van der Waals surface area contributed by atoms with E-state index in [1.54, 1.807) is 0 Å². The van der Waals surface area contributed by atoms with Gasteiger partial charge in [0, 0.05) is 16.6 Å². The molecule has 0 aromatic heterocycles. The molecule has 1 saturated carbocycles. The number of hydrogen-bond donors (Lipinski definition) is 2. The van der Waals surface area contributed by atoms with Crippen LogP contribution in [0.2, 0.25) is 0 Å². The van der Waals surface area contributed by atoms with Crippen LogP contribution in [0.4, 0.5) is 5.69 Å². The van der Waals surface area contributed by atoms with Crippen LogP contribution in [0, 0.1) is 0 Å². The number of fused-ring (bicyclic) bond motifs is 1. The standard InChI is InChI=1S/C23H26BrN3O2/c24-19-9-3-4-10-20(19)26-22(28)14-25-23(29)15-27(17-12-13-17)21-11-5-7-16-6-1-2-8-18(16)21/h1-4,6,8-10,17,21H,5,7,11-15H2,(H,25,29)(H,26,28). The second-order valence-electron chi connectivity index (χ2n) is 7.82. The predicted octanol–water partition coefficient (Wildman–Crippen LogP) is 4.05. The summed E-state index contributed by atoms with van der Waals surface area (Å²) in [6, 6.07) is 16.8. The highest BCUT2D eigenvalue weighted by molar-refractivity contribution is 9.10. The number of halogens is 1. The number of aryl methyl sites for hydroxylation is 1. The fourth-order valence-corrected chi connectivity index (χ4v) is 4.51. The highest BCUT2D eigenvalue weighted by atomic mass is 79.9. The summed E-state index contributed by atoms with van der Waals surface area (Å²) >= 11 is 3.41. The van der Waals surface area contributed by atoms with E-state index in [2.05, 4.69) is 55.7 Å². The number of carbonyl (C=O) groups is 2. The Kier molecular flexibility index (Phi) is 6.31. The van der Waals surface area contributed by atoms with E-state index in [1.807, 2.05) is 24.3 Å². The summed E-state index contributed by atoms with van der Waals surface area (Å²) in [4.78, 5) is 27.2. The topological polar surface area (TPSA) is 61.4 Å². The lowest BCUT2D eigenvalue weighted by Gasteiger charge is -2.35. The zero-order valence-corrected chi connectivity index (χ0v) is 18.0. The third-order valence-electron chi connectivity index (χ3n) is 5.67. The molecule has 5 nitrogen and oxygen atoms in total. The molecule has 4 rings (SSSR count). The Balaban J connectivity index is 1.34. The first-order valence-corrected chi connectivity index (χ1v) is 11.1. The number of rotatable bonds is 7. The van der Waals surface area contributed by atoms with Crippen molar-refractivity contribution < 1.29 is 9.59 Å². The van der Waals surface area contributed by atoms with E-state index in [0.29, 0.717) is 24.3 Å². The summed E-state index contributed by atoms with van der Waals surface area (Å²) in [6.45, 7) is 0.311. The fourth-order valence-electron chi connectivity index (χ4n) is 4.13. The maximum absolute atomic E-state index is 12.6. The van der Waals surface area contributed by atoms with Crippen molar-refractivity contribution in [2.45, 2.75) is 44.2 Å². The minimum Gasteiger partial charge on any atom is -0.346 e. The van der Waals surface area contributed by atoms with Gasteiger partial charge in [0.15, 0.2) is 0 Å². The largest absolute Gasteiger partial charge is 0.346 e. The van der Waals surface area contributed by atoms with Gasteiger partial charge in [0.05, 0.1) is 18.8 Å². The Morgan fingerprint density at radius 3 is 2.55 bits per heavy atom. The Bertz CT molecular complexity index is 897. The van der Waals surface area contributed by atoms with E-state index in [4.69, 9.17) is 0 Å². The molecule has 29 heavy (non-hydrogen) atoms. The van der Waals surface area contributed by atoms with Crippen molar-refractivity contribution in [1.82, 2.24) is 10.2 Å². The van der Waals surface area contributed by atoms with Crippen molar-refractivity contribution in [3.05, 3.63) is 64.1 Å². The summed E-state index contributed by atoms with van der Waals surface area (Å²) in [5, 5.41) is 5.61. The van der Waals surface area contributed by atoms with Crippen molar-refractivity contribution >= 4 is 33.4 Å². The van der Waals surface area contributed by atoms with Gasteiger partial charge in [-0.2, -0.15) is 0 Å². The third-order valence-corrected chi connectivity index (χ3v) is 6.37. The maximum Gasteiger partial charge on any atom is 0.243 e. The third kappa shape index (κ3) is 5.06. The van der Waals surface area contributed by atoms with E-state index in [0.717, 1.165) is 36.6 Å². The van der Waals surface area contributed by atoms with Gasteiger partial charge in [0.25, 0.3) is 0 Å². The molecule has 2 aromatic rings. The zero-order chi connectivity index (χ0) is 20.2. The number of carbonyl (C=O) groups excluding carboxylic acids is 2. The molecular formula is C23H26BrN3O2. The Labute approximate surface area is 180 Å². The number of amides is 2. The molecule has 1 fully saturated rings. The lowest BCUT2D eigenvalue weighted by Crippen LogP contribution is -2.43. The summed E-state index contributed by atoms with van der Waals surface area (Å²) in [5.74, 6) is -0.325. The molecule has 0 radical (unpaired) electrons. The molecule has 0 saturated heterocycles. The quantitative estimate of drug-likeness (QED) is 0.661. The van der Waals surface area contributed by atoms with Gasteiger partial charge in [0.2, 0.25) is 11.8 Å². The van der Waals surface area contributed by atoms with E-state index < -0.39 is 0 Å². The second-order valence-corrected chi connectivity index (χ2v) is 8.67. The van der Waals surface area contributed by atoms with Gasteiger partial charge < -0.3 is 10.6 Å². The van der Waals surface area contributed by atoms with Crippen LogP contribution in [0.5, 0.6) is 0 Å². The molecule has 0 heterocycles. The van der Waals surface area contributed by atoms with Gasteiger partial charge in [-0.25, -0.2) is 0 Å². The average molecular weight is 456 g/mol. The zero-order valence-electron chi connectivity index (χ0n) is 16.4. The van der Waals surface area contributed by atoms with Crippen molar-refractivity contribution in [3.8, 4) is 0 Å². The van der Waals surface area contributed by atoms with Crippen LogP contribution in [-0.4, -0.2) is 35.8 Å². The normalized spacial score (nSPS) is 18.2. The number of nitrogens with zero attached hydrogens (tertiary/aromatic N) is 1. The molecule has 0 spiro atoms. The molecule has 1 unspecified atom stereocenters. The smallest absolute Gasteiger partial charge is 0.243 e. The number of para-hydroxylation sites is 1. The minimum absolute atomic E-state index is 0.0278. The van der Waals surface area contributed by atoms with Crippen molar-refractivity contribution in [2.24, 2.45) is 0 Å². The maximum atomic E-state index is 12.6. The van der Waals surface area contributed by atoms with Gasteiger partial charge in [-0.1, -0.05) is 36.4 Å². The number of anilines is 1. The van der Waals surface area contributed by atoms with E-state index in [9.17, 15) is 9.59 Å². The molecule has 2 amide bonds. The summed E-state index contributed by atoms with van der Waals surface area (Å²) < 4.78 is 0.815. The molecule has 6 heteroatoms.